The summed E-state index contributed by atoms with van der Waals surface area (Å²) in [5, 5.41) is 4.51. The van der Waals surface area contributed by atoms with Crippen molar-refractivity contribution in [3.05, 3.63) is 65.1 Å². The molecule has 0 amide bonds. The van der Waals surface area contributed by atoms with E-state index in [9.17, 15) is 8.42 Å². The maximum Gasteiger partial charge on any atom is 0.240 e. The number of anilines is 1. The lowest BCUT2D eigenvalue weighted by Gasteiger charge is -2.26. The standard InChI is InChI=1S/C28H31ClN6O3S/c1-3-17-12-18(13-19-14-32-28(35-25(17)19)34-21-10-8-20(30)9-11-21)26-27(38-2)33-22(15-31-26)16-39(36,37)24-7-5-4-6-23(24)29/h4-7,12-15,20-21H,3,8-11,16,30H2,1-2H3,(H,32,34,35). The predicted molar refractivity (Wildman–Crippen MR) is 153 cm³/mol. The Labute approximate surface area is 233 Å². The van der Waals surface area contributed by atoms with Crippen molar-refractivity contribution in [3.8, 4) is 17.1 Å². The van der Waals surface area contributed by atoms with E-state index in [0.717, 1.165) is 54.1 Å². The van der Waals surface area contributed by atoms with Crippen molar-refractivity contribution in [1.29, 1.82) is 0 Å². The summed E-state index contributed by atoms with van der Waals surface area (Å²) in [4.78, 5) is 18.5. The van der Waals surface area contributed by atoms with Gasteiger partial charge in [-0.25, -0.2) is 28.4 Å². The summed E-state index contributed by atoms with van der Waals surface area (Å²) < 4.78 is 31.5. The van der Waals surface area contributed by atoms with Gasteiger partial charge in [-0.15, -0.1) is 0 Å². The number of nitrogens with zero attached hydrogens (tertiary/aromatic N) is 4. The first-order valence-corrected chi connectivity index (χ1v) is 15.0. The van der Waals surface area contributed by atoms with Crippen LogP contribution in [0, 0.1) is 0 Å². The fourth-order valence-corrected chi connectivity index (χ4v) is 6.75. The second-order valence-electron chi connectivity index (χ2n) is 9.79. The molecular formula is C28H31ClN6O3S. The minimum Gasteiger partial charge on any atom is -0.479 e. The van der Waals surface area contributed by atoms with Crippen LogP contribution in [0.5, 0.6) is 5.88 Å². The van der Waals surface area contributed by atoms with Crippen molar-refractivity contribution in [2.24, 2.45) is 5.73 Å². The van der Waals surface area contributed by atoms with E-state index in [-0.39, 0.29) is 33.3 Å². The van der Waals surface area contributed by atoms with Gasteiger partial charge in [0.15, 0.2) is 9.84 Å². The van der Waals surface area contributed by atoms with Crippen LogP contribution >= 0.6 is 11.6 Å². The van der Waals surface area contributed by atoms with Crippen LogP contribution in [0.25, 0.3) is 22.2 Å². The van der Waals surface area contributed by atoms with Crippen molar-refractivity contribution >= 4 is 38.3 Å². The highest BCUT2D eigenvalue weighted by Gasteiger charge is 2.22. The molecule has 1 aliphatic rings. The van der Waals surface area contributed by atoms with E-state index in [0.29, 0.717) is 17.7 Å². The molecule has 0 bridgehead atoms. The fraction of sp³-hybridized carbons (Fsp3) is 0.357. The number of hydrogen-bond donors (Lipinski definition) is 2. The summed E-state index contributed by atoms with van der Waals surface area (Å²) >= 11 is 6.12. The van der Waals surface area contributed by atoms with E-state index in [2.05, 4.69) is 27.2 Å². The average Bonchev–Trinajstić information content (AvgIpc) is 2.93. The quantitative estimate of drug-likeness (QED) is 0.303. The zero-order valence-electron chi connectivity index (χ0n) is 21.9. The number of benzene rings is 2. The molecule has 3 N–H and O–H groups in total. The van der Waals surface area contributed by atoms with E-state index in [1.165, 1.54) is 19.4 Å². The van der Waals surface area contributed by atoms with Crippen LogP contribution in [0.4, 0.5) is 5.95 Å². The Morgan fingerprint density at radius 2 is 1.85 bits per heavy atom. The third-order valence-corrected chi connectivity index (χ3v) is 9.16. The number of methoxy groups -OCH3 is 1. The Balaban J connectivity index is 1.44. The number of aromatic nitrogens is 4. The zero-order chi connectivity index (χ0) is 27.6. The van der Waals surface area contributed by atoms with Gasteiger partial charge in [0.1, 0.15) is 5.69 Å². The number of ether oxygens (including phenoxy) is 1. The van der Waals surface area contributed by atoms with Crippen molar-refractivity contribution < 1.29 is 13.2 Å². The molecule has 0 unspecified atom stereocenters. The molecule has 2 heterocycles. The zero-order valence-corrected chi connectivity index (χ0v) is 23.5. The third kappa shape index (κ3) is 5.98. The molecule has 11 heteroatoms. The van der Waals surface area contributed by atoms with E-state index in [1.54, 1.807) is 18.2 Å². The Morgan fingerprint density at radius 1 is 1.08 bits per heavy atom. The highest BCUT2D eigenvalue weighted by Crippen LogP contribution is 2.32. The molecule has 0 atom stereocenters. The molecule has 1 fully saturated rings. The maximum absolute atomic E-state index is 13.0. The molecule has 1 saturated carbocycles. The van der Waals surface area contributed by atoms with Crippen molar-refractivity contribution in [2.75, 3.05) is 12.4 Å². The molecule has 0 aliphatic heterocycles. The smallest absolute Gasteiger partial charge is 0.240 e. The second kappa shape index (κ2) is 11.4. The average molecular weight is 567 g/mol. The lowest BCUT2D eigenvalue weighted by molar-refractivity contribution is 0.396. The number of fused-ring (bicyclic) bond motifs is 1. The van der Waals surface area contributed by atoms with Gasteiger partial charge in [-0.2, -0.15) is 0 Å². The minimum atomic E-state index is -3.72. The van der Waals surface area contributed by atoms with Crippen LogP contribution in [0.2, 0.25) is 5.02 Å². The first-order valence-electron chi connectivity index (χ1n) is 13.0. The third-order valence-electron chi connectivity index (χ3n) is 7.01. The van der Waals surface area contributed by atoms with Crippen molar-refractivity contribution in [1.82, 2.24) is 19.9 Å². The summed E-state index contributed by atoms with van der Waals surface area (Å²) in [5.74, 6) is 0.499. The Hall–Kier alpha value is -3.34. The van der Waals surface area contributed by atoms with E-state index in [1.807, 2.05) is 18.3 Å². The van der Waals surface area contributed by atoms with Gasteiger partial charge in [0.25, 0.3) is 0 Å². The number of sulfone groups is 1. The van der Waals surface area contributed by atoms with Crippen molar-refractivity contribution in [3.63, 3.8) is 0 Å². The SMILES string of the molecule is CCc1cc(-c2ncc(CS(=O)(=O)c3ccccc3Cl)nc2OC)cc2cnc(NC3CCC(N)CC3)nc12. The van der Waals surface area contributed by atoms with Gasteiger partial charge in [0, 0.05) is 29.2 Å². The van der Waals surface area contributed by atoms with Crippen LogP contribution in [0.15, 0.2) is 53.7 Å². The molecule has 2 aromatic carbocycles. The highest BCUT2D eigenvalue weighted by atomic mass is 35.5. The highest BCUT2D eigenvalue weighted by molar-refractivity contribution is 7.90. The van der Waals surface area contributed by atoms with E-state index < -0.39 is 9.84 Å². The number of aryl methyl sites for hydroxylation is 1. The van der Waals surface area contributed by atoms with Crippen LogP contribution in [-0.2, 0) is 22.0 Å². The maximum atomic E-state index is 13.0. The van der Waals surface area contributed by atoms with Crippen LogP contribution in [0.3, 0.4) is 0 Å². The molecule has 39 heavy (non-hydrogen) atoms. The normalized spacial score (nSPS) is 17.7. The molecule has 0 saturated heterocycles. The topological polar surface area (TPSA) is 133 Å². The summed E-state index contributed by atoms with van der Waals surface area (Å²) in [6, 6.07) is 10.9. The number of rotatable bonds is 8. The summed E-state index contributed by atoms with van der Waals surface area (Å²) in [5.41, 5.74) is 9.51. The number of nitrogens with two attached hydrogens (primary N) is 1. The van der Waals surface area contributed by atoms with Crippen molar-refractivity contribution in [2.45, 2.75) is 61.8 Å². The number of hydrogen-bond acceptors (Lipinski definition) is 9. The number of nitrogens with one attached hydrogen (secondary N) is 1. The first kappa shape index (κ1) is 27.2. The van der Waals surface area contributed by atoms with Crippen LogP contribution in [-0.4, -0.2) is 47.5 Å². The molecule has 204 valence electrons. The summed E-state index contributed by atoms with van der Waals surface area (Å²) in [7, 11) is -2.24. The van der Waals surface area contributed by atoms with Gasteiger partial charge in [0.2, 0.25) is 11.8 Å². The monoisotopic (exact) mass is 566 g/mol. The van der Waals surface area contributed by atoms with Gasteiger partial charge >= 0.3 is 0 Å². The van der Waals surface area contributed by atoms with Gasteiger partial charge in [-0.3, -0.25) is 0 Å². The van der Waals surface area contributed by atoms with Crippen LogP contribution < -0.4 is 15.8 Å². The Kier molecular flexibility index (Phi) is 7.97. The summed E-state index contributed by atoms with van der Waals surface area (Å²) in [6.45, 7) is 2.07. The molecule has 1 aliphatic carbocycles. The Bertz CT molecular complexity index is 1610. The molecular weight excluding hydrogens is 536 g/mol. The first-order chi connectivity index (χ1) is 18.8. The molecule has 0 spiro atoms. The van der Waals surface area contributed by atoms with Gasteiger partial charge in [-0.05, 0) is 61.9 Å². The molecule has 5 rings (SSSR count). The van der Waals surface area contributed by atoms with Gasteiger partial charge in [-0.1, -0.05) is 30.7 Å². The molecule has 2 aromatic heterocycles. The lowest BCUT2D eigenvalue weighted by atomic mass is 9.92. The van der Waals surface area contributed by atoms with E-state index >= 15 is 0 Å². The lowest BCUT2D eigenvalue weighted by Crippen LogP contribution is -2.33. The van der Waals surface area contributed by atoms with Gasteiger partial charge < -0.3 is 15.8 Å². The minimum absolute atomic E-state index is 0.0551. The molecule has 4 aromatic rings. The molecule has 0 radical (unpaired) electrons. The molecule has 9 nitrogen and oxygen atoms in total. The van der Waals surface area contributed by atoms with E-state index in [4.69, 9.17) is 27.1 Å². The largest absolute Gasteiger partial charge is 0.479 e. The second-order valence-corrected chi connectivity index (χ2v) is 12.2. The van der Waals surface area contributed by atoms with Crippen LogP contribution in [0.1, 0.15) is 43.9 Å². The fourth-order valence-electron chi connectivity index (χ4n) is 4.93. The Morgan fingerprint density at radius 3 is 2.56 bits per heavy atom. The predicted octanol–water partition coefficient (Wildman–Crippen LogP) is 4.97. The summed E-state index contributed by atoms with van der Waals surface area (Å²) in [6.07, 6.45) is 8.05. The van der Waals surface area contributed by atoms with Gasteiger partial charge in [0.05, 0.1) is 40.2 Å². The number of halogens is 1.